The molecule has 1 saturated carbocycles. The Morgan fingerprint density at radius 2 is 1.71 bits per heavy atom. The summed E-state index contributed by atoms with van der Waals surface area (Å²) in [7, 11) is 0. The Morgan fingerprint density at radius 3 is 2.17 bits per heavy atom. The summed E-state index contributed by atoms with van der Waals surface area (Å²) in [6.45, 7) is 10.9. The summed E-state index contributed by atoms with van der Waals surface area (Å²) in [5.74, 6) is 0. The lowest BCUT2D eigenvalue weighted by Gasteiger charge is -2.48. The molecule has 1 heterocycles. The first kappa shape index (κ1) is 19.5. The first-order valence-electron chi connectivity index (χ1n) is 9.69. The predicted molar refractivity (Wildman–Crippen MR) is 93.9 cm³/mol. The highest BCUT2D eigenvalue weighted by Gasteiger charge is 2.34. The molecule has 0 atom stereocenters. The Hall–Kier alpha value is -0.810. The number of hydrogen-bond donors (Lipinski definition) is 0. The molecule has 24 heavy (non-hydrogen) atoms. The zero-order chi connectivity index (χ0) is 17.7. The van der Waals surface area contributed by atoms with Crippen molar-refractivity contribution in [3.63, 3.8) is 0 Å². The summed E-state index contributed by atoms with van der Waals surface area (Å²) in [5, 5.41) is 11.5. The standard InChI is InChI=1S/C19H36N2O3/c1-5-14-24-17-8-6-15(7-9-17)20-12-10-16(11-13-20)21(18(22)23)19(2,3)4/h15-17H,5-14H2,1-4H3,(H,22,23)/p-1. The van der Waals surface area contributed by atoms with Crippen molar-refractivity contribution >= 4 is 6.09 Å². The second-order valence-electron chi connectivity index (χ2n) is 8.38. The molecule has 0 bridgehead atoms. The Bertz CT molecular complexity index is 392. The zero-order valence-electron chi connectivity index (χ0n) is 15.9. The van der Waals surface area contributed by atoms with Crippen LogP contribution < -0.4 is 5.11 Å². The van der Waals surface area contributed by atoms with Crippen molar-refractivity contribution in [2.75, 3.05) is 19.7 Å². The highest BCUT2D eigenvalue weighted by Crippen LogP contribution is 2.30. The van der Waals surface area contributed by atoms with Crippen molar-refractivity contribution in [2.45, 2.75) is 96.4 Å². The molecule has 0 spiro atoms. The first-order valence-corrected chi connectivity index (χ1v) is 9.69. The number of piperidine rings is 1. The fourth-order valence-corrected chi connectivity index (χ4v) is 4.34. The van der Waals surface area contributed by atoms with Crippen LogP contribution in [0.1, 0.15) is 72.6 Å². The second-order valence-corrected chi connectivity index (χ2v) is 8.38. The normalized spacial score (nSPS) is 27.2. The van der Waals surface area contributed by atoms with Gasteiger partial charge in [0.15, 0.2) is 0 Å². The lowest BCUT2D eigenvalue weighted by molar-refractivity contribution is -0.274. The van der Waals surface area contributed by atoms with Gasteiger partial charge in [0.25, 0.3) is 0 Å². The molecule has 140 valence electrons. The molecule has 0 aromatic rings. The molecule has 2 aliphatic rings. The van der Waals surface area contributed by atoms with Gasteiger partial charge in [0, 0.05) is 37.3 Å². The summed E-state index contributed by atoms with van der Waals surface area (Å²) in [6, 6.07) is 0.744. The number of hydrogen-bond acceptors (Lipinski definition) is 4. The van der Waals surface area contributed by atoms with Crippen molar-refractivity contribution in [1.82, 2.24) is 9.80 Å². The molecule has 2 fully saturated rings. The van der Waals surface area contributed by atoms with Crippen LogP contribution >= 0.6 is 0 Å². The van der Waals surface area contributed by atoms with Crippen molar-refractivity contribution in [1.29, 1.82) is 0 Å². The Labute approximate surface area is 147 Å². The van der Waals surface area contributed by atoms with E-state index in [1.54, 1.807) is 4.90 Å². The van der Waals surface area contributed by atoms with E-state index >= 15 is 0 Å². The topological polar surface area (TPSA) is 55.8 Å². The van der Waals surface area contributed by atoms with E-state index in [-0.39, 0.29) is 11.6 Å². The van der Waals surface area contributed by atoms with E-state index in [9.17, 15) is 9.90 Å². The van der Waals surface area contributed by atoms with Gasteiger partial charge in [-0.15, -0.1) is 0 Å². The van der Waals surface area contributed by atoms with E-state index in [1.165, 1.54) is 12.8 Å². The molecule has 0 N–H and O–H groups in total. The maximum atomic E-state index is 11.5. The summed E-state index contributed by atoms with van der Waals surface area (Å²) in [5.41, 5.74) is -0.389. The smallest absolute Gasteiger partial charge is 0.137 e. The molecule has 1 saturated heterocycles. The van der Waals surface area contributed by atoms with Crippen molar-refractivity contribution in [3.8, 4) is 0 Å². The van der Waals surface area contributed by atoms with Gasteiger partial charge in [-0.2, -0.15) is 0 Å². The third kappa shape index (κ3) is 5.09. The average molecular weight is 340 g/mol. The fraction of sp³-hybridized carbons (Fsp3) is 0.947. The van der Waals surface area contributed by atoms with Crippen molar-refractivity contribution in [2.24, 2.45) is 0 Å². The molecule has 0 aromatic carbocycles. The van der Waals surface area contributed by atoms with E-state index in [4.69, 9.17) is 4.74 Å². The lowest BCUT2D eigenvalue weighted by Crippen LogP contribution is -2.59. The lowest BCUT2D eigenvalue weighted by atomic mass is 9.89. The van der Waals surface area contributed by atoms with Gasteiger partial charge in [-0.3, -0.25) is 0 Å². The highest BCUT2D eigenvalue weighted by atomic mass is 16.5. The van der Waals surface area contributed by atoms with E-state index in [0.29, 0.717) is 12.1 Å². The van der Waals surface area contributed by atoms with Crippen LogP contribution in [0.3, 0.4) is 0 Å². The minimum Gasteiger partial charge on any atom is -0.530 e. The monoisotopic (exact) mass is 339 g/mol. The summed E-state index contributed by atoms with van der Waals surface area (Å²) in [4.78, 5) is 15.7. The molecule has 0 unspecified atom stereocenters. The first-order chi connectivity index (χ1) is 11.3. The molecule has 0 aromatic heterocycles. The molecule has 1 aliphatic carbocycles. The number of rotatable bonds is 5. The van der Waals surface area contributed by atoms with Crippen LogP contribution in [0.2, 0.25) is 0 Å². The number of amides is 1. The Morgan fingerprint density at radius 1 is 1.12 bits per heavy atom. The summed E-state index contributed by atoms with van der Waals surface area (Å²) < 4.78 is 5.88. The van der Waals surface area contributed by atoms with Gasteiger partial charge in [-0.05, 0) is 65.7 Å². The minimum atomic E-state index is -1.03. The van der Waals surface area contributed by atoms with Crippen LogP contribution in [0.4, 0.5) is 4.79 Å². The Kier molecular flexibility index (Phi) is 6.93. The molecule has 5 heteroatoms. The molecule has 1 amide bonds. The van der Waals surface area contributed by atoms with Gasteiger partial charge in [-0.1, -0.05) is 6.92 Å². The highest BCUT2D eigenvalue weighted by molar-refractivity contribution is 5.64. The van der Waals surface area contributed by atoms with E-state index in [2.05, 4.69) is 11.8 Å². The number of carbonyl (C=O) groups excluding carboxylic acids is 1. The van der Waals surface area contributed by atoms with Crippen LogP contribution in [-0.2, 0) is 4.74 Å². The number of likely N-dealkylation sites (tertiary alicyclic amines) is 1. The van der Waals surface area contributed by atoms with Crippen LogP contribution in [0.5, 0.6) is 0 Å². The summed E-state index contributed by atoms with van der Waals surface area (Å²) >= 11 is 0. The van der Waals surface area contributed by atoms with Gasteiger partial charge < -0.3 is 24.4 Å². The van der Waals surface area contributed by atoms with Gasteiger partial charge in [0.1, 0.15) is 6.09 Å². The van der Waals surface area contributed by atoms with Gasteiger partial charge >= 0.3 is 0 Å². The molecular weight excluding hydrogens is 304 g/mol. The average Bonchev–Trinajstić information content (AvgIpc) is 2.52. The second kappa shape index (κ2) is 8.52. The van der Waals surface area contributed by atoms with E-state index < -0.39 is 6.09 Å². The van der Waals surface area contributed by atoms with Crippen LogP contribution in [0.25, 0.3) is 0 Å². The van der Waals surface area contributed by atoms with Crippen LogP contribution in [0.15, 0.2) is 0 Å². The van der Waals surface area contributed by atoms with Gasteiger partial charge in [-0.25, -0.2) is 0 Å². The largest absolute Gasteiger partial charge is 0.530 e. The molecular formula is C19H35N2O3-. The van der Waals surface area contributed by atoms with E-state index in [1.807, 2.05) is 20.8 Å². The minimum absolute atomic E-state index is 0.0930. The van der Waals surface area contributed by atoms with Crippen LogP contribution in [-0.4, -0.2) is 59.3 Å². The molecule has 5 nitrogen and oxygen atoms in total. The molecule has 0 radical (unpaired) electrons. The number of carbonyl (C=O) groups is 1. The number of nitrogens with zero attached hydrogens (tertiary/aromatic N) is 2. The molecule has 1 aliphatic heterocycles. The van der Waals surface area contributed by atoms with Crippen molar-refractivity contribution < 1.29 is 14.6 Å². The maximum absolute atomic E-state index is 11.5. The number of ether oxygens (including phenoxy) is 1. The summed E-state index contributed by atoms with van der Waals surface area (Å²) in [6.07, 6.45) is 7.09. The Balaban J connectivity index is 1.80. The third-order valence-corrected chi connectivity index (χ3v) is 5.50. The predicted octanol–water partition coefficient (Wildman–Crippen LogP) is 2.63. The maximum Gasteiger partial charge on any atom is 0.137 e. The van der Waals surface area contributed by atoms with Gasteiger partial charge in [0.2, 0.25) is 0 Å². The van der Waals surface area contributed by atoms with Crippen molar-refractivity contribution in [3.05, 3.63) is 0 Å². The SMILES string of the molecule is CCCOC1CCC(N2CCC(N(C(=O)[O-])C(C)(C)C)CC2)CC1. The number of carboxylic acid groups (broad SMARTS) is 1. The third-order valence-electron chi connectivity index (χ3n) is 5.50. The quantitative estimate of drug-likeness (QED) is 0.773. The van der Waals surface area contributed by atoms with Crippen LogP contribution in [0, 0.1) is 0 Å². The fourth-order valence-electron chi connectivity index (χ4n) is 4.34. The van der Waals surface area contributed by atoms with Gasteiger partial charge in [0.05, 0.1) is 6.10 Å². The molecule has 2 rings (SSSR count). The van der Waals surface area contributed by atoms with E-state index in [0.717, 1.165) is 51.8 Å². The zero-order valence-corrected chi connectivity index (χ0v) is 15.9.